The summed E-state index contributed by atoms with van der Waals surface area (Å²) in [5.74, 6) is 0.249. The Bertz CT molecular complexity index is 450. The van der Waals surface area contributed by atoms with Gasteiger partial charge in [0, 0.05) is 18.5 Å². The molecule has 0 aliphatic carbocycles. The Labute approximate surface area is 80.7 Å². The highest BCUT2D eigenvalue weighted by Crippen LogP contribution is 2.17. The van der Waals surface area contributed by atoms with E-state index in [1.54, 1.807) is 6.07 Å². The van der Waals surface area contributed by atoms with Gasteiger partial charge < -0.3 is 10.2 Å². The summed E-state index contributed by atoms with van der Waals surface area (Å²) in [6.07, 6.45) is 0.566. The van der Waals surface area contributed by atoms with Gasteiger partial charge in [-0.05, 0) is 19.1 Å². The molecule has 14 heavy (non-hydrogen) atoms. The number of fused-ring (bicyclic) bond motifs is 1. The van der Waals surface area contributed by atoms with Crippen molar-refractivity contribution in [2.24, 2.45) is 5.73 Å². The van der Waals surface area contributed by atoms with Crippen molar-refractivity contribution >= 4 is 11.1 Å². The summed E-state index contributed by atoms with van der Waals surface area (Å²) in [4.78, 5) is 4.13. The molecule has 0 fully saturated rings. The summed E-state index contributed by atoms with van der Waals surface area (Å²) < 4.78 is 18.2. The Morgan fingerprint density at radius 3 is 3.07 bits per heavy atom. The highest BCUT2D eigenvalue weighted by molar-refractivity contribution is 5.72. The number of hydrogen-bond donors (Lipinski definition) is 1. The van der Waals surface area contributed by atoms with Crippen LogP contribution in [0.3, 0.4) is 0 Å². The molecule has 1 aromatic heterocycles. The van der Waals surface area contributed by atoms with Crippen LogP contribution in [0.1, 0.15) is 12.8 Å². The number of oxazole rings is 1. The van der Waals surface area contributed by atoms with Crippen LogP contribution in [-0.4, -0.2) is 11.0 Å². The zero-order valence-corrected chi connectivity index (χ0v) is 7.83. The van der Waals surface area contributed by atoms with E-state index < -0.39 is 0 Å². The number of aromatic nitrogens is 1. The highest BCUT2D eigenvalue weighted by atomic mass is 19.1. The smallest absolute Gasteiger partial charge is 0.197 e. The summed E-state index contributed by atoms with van der Waals surface area (Å²) in [7, 11) is 0. The Kier molecular flexibility index (Phi) is 2.21. The van der Waals surface area contributed by atoms with Crippen molar-refractivity contribution in [3.8, 4) is 0 Å². The molecule has 0 saturated carbocycles. The fourth-order valence-corrected chi connectivity index (χ4v) is 1.31. The van der Waals surface area contributed by atoms with E-state index in [-0.39, 0.29) is 11.9 Å². The third-order valence-corrected chi connectivity index (χ3v) is 1.89. The summed E-state index contributed by atoms with van der Waals surface area (Å²) >= 11 is 0. The minimum Gasteiger partial charge on any atom is -0.441 e. The maximum absolute atomic E-state index is 12.8. The minimum absolute atomic E-state index is 0.00657. The van der Waals surface area contributed by atoms with Crippen molar-refractivity contribution in [3.05, 3.63) is 29.9 Å². The molecule has 0 amide bonds. The first-order valence-corrected chi connectivity index (χ1v) is 4.45. The quantitative estimate of drug-likeness (QED) is 0.793. The predicted octanol–water partition coefficient (Wildman–Crippen LogP) is 1.86. The van der Waals surface area contributed by atoms with Crippen LogP contribution in [-0.2, 0) is 6.42 Å². The van der Waals surface area contributed by atoms with Gasteiger partial charge in [0.15, 0.2) is 11.5 Å². The number of halogens is 1. The van der Waals surface area contributed by atoms with Gasteiger partial charge in [-0.3, -0.25) is 0 Å². The van der Waals surface area contributed by atoms with Crippen LogP contribution >= 0.6 is 0 Å². The summed E-state index contributed by atoms with van der Waals surface area (Å²) in [5.41, 5.74) is 6.74. The molecule has 1 unspecified atom stereocenters. The fourth-order valence-electron chi connectivity index (χ4n) is 1.31. The fraction of sp³-hybridized carbons (Fsp3) is 0.300. The standard InChI is InChI=1S/C10H11FN2O/c1-6(12)4-10-13-8-5-7(11)2-3-9(8)14-10/h2-3,5-6H,4,12H2,1H3. The Morgan fingerprint density at radius 2 is 2.36 bits per heavy atom. The molecule has 1 atom stereocenters. The molecule has 2 rings (SSSR count). The summed E-state index contributed by atoms with van der Waals surface area (Å²) in [6, 6.07) is 4.27. The number of nitrogens with zero attached hydrogens (tertiary/aromatic N) is 1. The van der Waals surface area contributed by atoms with Crippen molar-refractivity contribution in [1.82, 2.24) is 4.98 Å². The third kappa shape index (κ3) is 1.75. The van der Waals surface area contributed by atoms with Crippen molar-refractivity contribution < 1.29 is 8.81 Å². The lowest BCUT2D eigenvalue weighted by atomic mass is 10.2. The van der Waals surface area contributed by atoms with Crippen LogP contribution in [0.25, 0.3) is 11.1 Å². The second kappa shape index (κ2) is 3.38. The molecule has 0 aliphatic heterocycles. The maximum atomic E-state index is 12.8. The molecule has 0 spiro atoms. The van der Waals surface area contributed by atoms with E-state index in [0.717, 1.165) is 0 Å². The largest absolute Gasteiger partial charge is 0.441 e. The number of rotatable bonds is 2. The van der Waals surface area contributed by atoms with Gasteiger partial charge in [-0.15, -0.1) is 0 Å². The lowest BCUT2D eigenvalue weighted by molar-refractivity contribution is 0.506. The van der Waals surface area contributed by atoms with Crippen molar-refractivity contribution in [1.29, 1.82) is 0 Å². The zero-order chi connectivity index (χ0) is 10.1. The number of nitrogens with two attached hydrogens (primary N) is 1. The van der Waals surface area contributed by atoms with E-state index in [4.69, 9.17) is 10.2 Å². The van der Waals surface area contributed by atoms with Crippen LogP contribution in [0.4, 0.5) is 4.39 Å². The lowest BCUT2D eigenvalue weighted by Gasteiger charge is -1.97. The van der Waals surface area contributed by atoms with Gasteiger partial charge in [-0.1, -0.05) is 0 Å². The Morgan fingerprint density at radius 1 is 1.57 bits per heavy atom. The molecule has 2 aromatic rings. The molecule has 1 aromatic carbocycles. The average Bonchev–Trinajstić information content (AvgIpc) is 2.44. The molecular formula is C10H11FN2O. The van der Waals surface area contributed by atoms with Crippen LogP contribution < -0.4 is 5.73 Å². The van der Waals surface area contributed by atoms with E-state index >= 15 is 0 Å². The molecule has 1 heterocycles. The molecule has 0 saturated heterocycles. The third-order valence-electron chi connectivity index (χ3n) is 1.89. The molecule has 0 radical (unpaired) electrons. The first-order chi connectivity index (χ1) is 6.65. The first-order valence-electron chi connectivity index (χ1n) is 4.45. The van der Waals surface area contributed by atoms with E-state index in [1.807, 2.05) is 6.92 Å². The normalized spacial score (nSPS) is 13.4. The van der Waals surface area contributed by atoms with Crippen LogP contribution in [0.15, 0.2) is 22.6 Å². The van der Waals surface area contributed by atoms with Gasteiger partial charge in [-0.2, -0.15) is 0 Å². The van der Waals surface area contributed by atoms with Gasteiger partial charge in [-0.25, -0.2) is 9.37 Å². The lowest BCUT2D eigenvalue weighted by Crippen LogP contribution is -2.17. The molecular weight excluding hydrogens is 183 g/mol. The van der Waals surface area contributed by atoms with Gasteiger partial charge in [0.05, 0.1) is 0 Å². The minimum atomic E-state index is -0.307. The Hall–Kier alpha value is -1.42. The maximum Gasteiger partial charge on any atom is 0.197 e. The molecule has 2 N–H and O–H groups in total. The SMILES string of the molecule is CC(N)Cc1nc2cc(F)ccc2o1. The average molecular weight is 194 g/mol. The van der Waals surface area contributed by atoms with Crippen molar-refractivity contribution in [2.75, 3.05) is 0 Å². The predicted molar refractivity (Wildman–Crippen MR) is 51.3 cm³/mol. The Balaban J connectivity index is 2.41. The summed E-state index contributed by atoms with van der Waals surface area (Å²) in [6.45, 7) is 1.87. The van der Waals surface area contributed by atoms with Crippen molar-refractivity contribution in [3.63, 3.8) is 0 Å². The second-order valence-corrected chi connectivity index (χ2v) is 3.40. The van der Waals surface area contributed by atoms with E-state index in [1.165, 1.54) is 12.1 Å². The molecule has 3 nitrogen and oxygen atoms in total. The van der Waals surface area contributed by atoms with Crippen LogP contribution in [0, 0.1) is 5.82 Å². The second-order valence-electron chi connectivity index (χ2n) is 3.40. The van der Waals surface area contributed by atoms with Crippen LogP contribution in [0.2, 0.25) is 0 Å². The molecule has 74 valence electrons. The van der Waals surface area contributed by atoms with Crippen LogP contribution in [0.5, 0.6) is 0 Å². The van der Waals surface area contributed by atoms with E-state index in [9.17, 15) is 4.39 Å². The molecule has 0 aliphatic rings. The van der Waals surface area contributed by atoms with Gasteiger partial charge in [0.1, 0.15) is 11.3 Å². The van der Waals surface area contributed by atoms with Gasteiger partial charge in [0.25, 0.3) is 0 Å². The number of benzene rings is 1. The topological polar surface area (TPSA) is 52.0 Å². The first kappa shape index (κ1) is 9.15. The zero-order valence-electron chi connectivity index (χ0n) is 7.83. The summed E-state index contributed by atoms with van der Waals surface area (Å²) in [5, 5.41) is 0. The highest BCUT2D eigenvalue weighted by Gasteiger charge is 2.07. The van der Waals surface area contributed by atoms with Crippen molar-refractivity contribution in [2.45, 2.75) is 19.4 Å². The van der Waals surface area contributed by atoms with E-state index in [0.29, 0.717) is 23.4 Å². The van der Waals surface area contributed by atoms with E-state index in [2.05, 4.69) is 4.98 Å². The molecule has 4 heteroatoms. The molecule has 0 bridgehead atoms. The number of hydrogen-bond acceptors (Lipinski definition) is 3. The van der Waals surface area contributed by atoms with Gasteiger partial charge >= 0.3 is 0 Å². The monoisotopic (exact) mass is 194 g/mol. The van der Waals surface area contributed by atoms with Gasteiger partial charge in [0.2, 0.25) is 0 Å².